The minimum absolute atomic E-state index is 0.101. The normalized spacial score (nSPS) is 12.3. The van der Waals surface area contributed by atoms with Crippen molar-refractivity contribution >= 4 is 21.8 Å². The van der Waals surface area contributed by atoms with Crippen molar-refractivity contribution in [1.29, 1.82) is 0 Å². The average molecular weight is 384 g/mol. The number of nitro benzene ring substituents is 1. The molecule has 2 aromatic carbocycles. The van der Waals surface area contributed by atoms with E-state index in [0.29, 0.717) is 17.7 Å². The molecule has 9 nitrogen and oxygen atoms in total. The molecule has 27 heavy (non-hydrogen) atoms. The van der Waals surface area contributed by atoms with Gasteiger partial charge >= 0.3 is 10.1 Å². The summed E-state index contributed by atoms with van der Waals surface area (Å²) in [6.45, 7) is 0. The maximum atomic E-state index is 12.6. The second-order valence-corrected chi connectivity index (χ2v) is 7.38. The fourth-order valence-corrected chi connectivity index (χ4v) is 3.84. The predicted octanol–water partition coefficient (Wildman–Crippen LogP) is 2.31. The number of non-ortho nitro benzene ring substituents is 1. The van der Waals surface area contributed by atoms with Crippen molar-refractivity contribution in [3.05, 3.63) is 69.9 Å². The van der Waals surface area contributed by atoms with Crippen molar-refractivity contribution in [2.45, 2.75) is 11.3 Å². The number of hydrogen-bond acceptors (Lipinski definition) is 8. The first kappa shape index (κ1) is 16.9. The van der Waals surface area contributed by atoms with Crippen LogP contribution in [0.3, 0.4) is 0 Å². The molecule has 1 aromatic heterocycles. The van der Waals surface area contributed by atoms with Gasteiger partial charge < -0.3 is 9.92 Å². The molecule has 2 N–H and O–H groups in total. The van der Waals surface area contributed by atoms with Crippen molar-refractivity contribution in [2.24, 2.45) is 0 Å². The molecule has 0 unspecified atom stereocenters. The largest absolute Gasteiger partial charge is 0.368 e. The van der Waals surface area contributed by atoms with E-state index in [1.165, 1.54) is 0 Å². The van der Waals surface area contributed by atoms with Gasteiger partial charge in [-0.1, -0.05) is 24.3 Å². The second kappa shape index (κ2) is 6.02. The van der Waals surface area contributed by atoms with Crippen molar-refractivity contribution in [1.82, 2.24) is 9.97 Å². The summed E-state index contributed by atoms with van der Waals surface area (Å²) in [6.07, 6.45) is 0.492. The SMILES string of the molecule is Nc1nc2c(c(OS(=O)(=O)c3ccc([N+](=O)[O-])cc3)n1)-c1ccccc1C2. The first-order chi connectivity index (χ1) is 12.8. The Kier molecular flexibility index (Phi) is 3.77. The lowest BCUT2D eigenvalue weighted by Crippen LogP contribution is -2.13. The molecule has 4 rings (SSSR count). The van der Waals surface area contributed by atoms with Crippen LogP contribution in [0.2, 0.25) is 0 Å². The average Bonchev–Trinajstić information content (AvgIpc) is 2.99. The smallest absolute Gasteiger partial charge is 0.340 e. The molecule has 3 aromatic rings. The van der Waals surface area contributed by atoms with Gasteiger partial charge in [-0.05, 0) is 23.3 Å². The summed E-state index contributed by atoms with van der Waals surface area (Å²) in [5.74, 6) is -0.267. The van der Waals surface area contributed by atoms with Crippen LogP contribution in [-0.2, 0) is 16.5 Å². The molecular formula is C17H12N4O5S. The number of anilines is 1. The van der Waals surface area contributed by atoms with E-state index >= 15 is 0 Å². The third-order valence-electron chi connectivity index (χ3n) is 4.14. The lowest BCUT2D eigenvalue weighted by molar-refractivity contribution is -0.384. The highest BCUT2D eigenvalue weighted by Gasteiger charge is 2.29. The van der Waals surface area contributed by atoms with Crippen LogP contribution in [-0.4, -0.2) is 23.3 Å². The van der Waals surface area contributed by atoms with Gasteiger partial charge in [-0.25, -0.2) is 4.98 Å². The highest BCUT2D eigenvalue weighted by Crippen LogP contribution is 2.41. The summed E-state index contributed by atoms with van der Waals surface area (Å²) >= 11 is 0. The van der Waals surface area contributed by atoms with Gasteiger partial charge in [-0.2, -0.15) is 13.4 Å². The molecule has 0 atom stereocenters. The zero-order chi connectivity index (χ0) is 19.2. The Morgan fingerprint density at radius 1 is 1.07 bits per heavy atom. The quantitative estimate of drug-likeness (QED) is 0.321. The number of nitrogens with two attached hydrogens (primary N) is 1. The molecule has 1 heterocycles. The molecule has 0 amide bonds. The Hall–Kier alpha value is -3.53. The summed E-state index contributed by atoms with van der Waals surface area (Å²) in [5, 5.41) is 10.7. The summed E-state index contributed by atoms with van der Waals surface area (Å²) < 4.78 is 30.5. The van der Waals surface area contributed by atoms with E-state index in [9.17, 15) is 18.5 Å². The monoisotopic (exact) mass is 384 g/mol. The summed E-state index contributed by atoms with van der Waals surface area (Å²) in [4.78, 5) is 18.0. The molecule has 0 saturated carbocycles. The van der Waals surface area contributed by atoms with Gasteiger partial charge in [0.15, 0.2) is 0 Å². The Morgan fingerprint density at radius 2 is 1.78 bits per heavy atom. The topological polar surface area (TPSA) is 138 Å². The zero-order valence-electron chi connectivity index (χ0n) is 13.7. The van der Waals surface area contributed by atoms with Crippen LogP contribution < -0.4 is 9.92 Å². The van der Waals surface area contributed by atoms with Crippen LogP contribution >= 0.6 is 0 Å². The number of aromatic nitrogens is 2. The van der Waals surface area contributed by atoms with Crippen LogP contribution in [0.25, 0.3) is 11.1 Å². The Bertz CT molecular complexity index is 1180. The van der Waals surface area contributed by atoms with E-state index in [0.717, 1.165) is 35.4 Å². The van der Waals surface area contributed by atoms with E-state index in [2.05, 4.69) is 9.97 Å². The molecule has 0 fully saturated rings. The Balaban J connectivity index is 1.76. The molecule has 10 heteroatoms. The van der Waals surface area contributed by atoms with E-state index in [-0.39, 0.29) is 22.4 Å². The van der Waals surface area contributed by atoms with Crippen LogP contribution in [0.5, 0.6) is 5.88 Å². The zero-order valence-corrected chi connectivity index (χ0v) is 14.5. The van der Waals surface area contributed by atoms with Crippen LogP contribution in [0.1, 0.15) is 11.3 Å². The van der Waals surface area contributed by atoms with E-state index in [4.69, 9.17) is 9.92 Å². The molecular weight excluding hydrogens is 372 g/mol. The van der Waals surface area contributed by atoms with E-state index in [1.54, 1.807) is 0 Å². The number of benzene rings is 2. The van der Waals surface area contributed by atoms with Crippen molar-refractivity contribution in [3.63, 3.8) is 0 Å². The second-order valence-electron chi connectivity index (χ2n) is 5.83. The fourth-order valence-electron chi connectivity index (χ4n) is 2.95. The number of hydrogen-bond donors (Lipinski definition) is 1. The van der Waals surface area contributed by atoms with E-state index < -0.39 is 15.0 Å². The summed E-state index contributed by atoms with van der Waals surface area (Å²) in [6, 6.07) is 11.8. The molecule has 136 valence electrons. The summed E-state index contributed by atoms with van der Waals surface area (Å²) in [7, 11) is -4.27. The fraction of sp³-hybridized carbons (Fsp3) is 0.0588. The molecule has 0 bridgehead atoms. The highest BCUT2D eigenvalue weighted by atomic mass is 32.2. The van der Waals surface area contributed by atoms with Gasteiger partial charge in [0.2, 0.25) is 11.8 Å². The molecule has 0 aliphatic heterocycles. The van der Waals surface area contributed by atoms with Crippen LogP contribution in [0, 0.1) is 10.1 Å². The van der Waals surface area contributed by atoms with Crippen molar-refractivity contribution < 1.29 is 17.5 Å². The lowest BCUT2D eigenvalue weighted by Gasteiger charge is -2.11. The standard InChI is InChI=1S/C17H12N4O5S/c18-17-19-14-9-10-3-1-2-4-13(10)15(14)16(20-17)26-27(24,25)12-7-5-11(6-8-12)21(22)23/h1-8H,9H2,(H2,18,19,20). The number of fused-ring (bicyclic) bond motifs is 3. The highest BCUT2D eigenvalue weighted by molar-refractivity contribution is 7.87. The maximum Gasteiger partial charge on any atom is 0.340 e. The first-order valence-corrected chi connectivity index (χ1v) is 9.19. The molecule has 1 aliphatic carbocycles. The van der Waals surface area contributed by atoms with Gasteiger partial charge in [0.25, 0.3) is 5.69 Å². The molecule has 1 aliphatic rings. The number of nitrogen functional groups attached to an aromatic ring is 1. The molecule has 0 saturated heterocycles. The number of nitrogens with zero attached hydrogens (tertiary/aromatic N) is 3. The third kappa shape index (κ3) is 2.95. The predicted molar refractivity (Wildman–Crippen MR) is 95.6 cm³/mol. The summed E-state index contributed by atoms with van der Waals surface area (Å²) in [5.41, 5.74) is 8.28. The minimum Gasteiger partial charge on any atom is -0.368 e. The van der Waals surface area contributed by atoms with Crippen molar-refractivity contribution in [2.75, 3.05) is 5.73 Å². The van der Waals surface area contributed by atoms with Gasteiger partial charge in [0.1, 0.15) is 4.90 Å². The Morgan fingerprint density at radius 3 is 2.48 bits per heavy atom. The molecule has 0 radical (unpaired) electrons. The van der Waals surface area contributed by atoms with Gasteiger partial charge in [0.05, 0.1) is 16.2 Å². The van der Waals surface area contributed by atoms with Gasteiger partial charge in [-0.3, -0.25) is 10.1 Å². The molecule has 0 spiro atoms. The van der Waals surface area contributed by atoms with Crippen LogP contribution in [0.15, 0.2) is 53.4 Å². The number of rotatable bonds is 4. The third-order valence-corrected chi connectivity index (χ3v) is 5.36. The first-order valence-electron chi connectivity index (χ1n) is 7.79. The Labute approximate surface area is 153 Å². The van der Waals surface area contributed by atoms with E-state index in [1.807, 2.05) is 24.3 Å². The van der Waals surface area contributed by atoms with Crippen LogP contribution in [0.4, 0.5) is 11.6 Å². The van der Waals surface area contributed by atoms with Crippen molar-refractivity contribution in [3.8, 4) is 17.0 Å². The lowest BCUT2D eigenvalue weighted by atomic mass is 10.1. The minimum atomic E-state index is -4.27. The number of nitro groups is 1. The maximum absolute atomic E-state index is 12.6. The van der Waals surface area contributed by atoms with Gasteiger partial charge in [-0.15, -0.1) is 0 Å². The van der Waals surface area contributed by atoms with Gasteiger partial charge in [0, 0.05) is 18.6 Å².